The van der Waals surface area contributed by atoms with Crippen LogP contribution in [0.5, 0.6) is 0 Å². The highest BCUT2D eigenvalue weighted by atomic mass is 16.4. The Bertz CT molecular complexity index is 614. The molecule has 0 heterocycles. The van der Waals surface area contributed by atoms with Crippen LogP contribution in [0.3, 0.4) is 0 Å². The lowest BCUT2D eigenvalue weighted by Gasteiger charge is -2.18. The van der Waals surface area contributed by atoms with Crippen LogP contribution in [0, 0.1) is 0 Å². The predicted molar refractivity (Wildman–Crippen MR) is 89.9 cm³/mol. The molecule has 2 rings (SSSR count). The number of amides is 2. The van der Waals surface area contributed by atoms with Gasteiger partial charge in [-0.2, -0.15) is 0 Å². The number of aliphatic carboxylic acids is 1. The Morgan fingerprint density at radius 1 is 1.25 bits per heavy atom. The van der Waals surface area contributed by atoms with Gasteiger partial charge in [0.15, 0.2) is 0 Å². The molecule has 2 amide bonds. The molecule has 0 bridgehead atoms. The van der Waals surface area contributed by atoms with Crippen molar-refractivity contribution >= 4 is 23.5 Å². The van der Waals surface area contributed by atoms with Gasteiger partial charge in [0.25, 0.3) is 5.91 Å². The van der Waals surface area contributed by atoms with Crippen LogP contribution in [-0.4, -0.2) is 53.5 Å². The standard InChI is InChI=1S/C17H23N3O4/c1-2-8-20(11-16(22)23)10-15(21)18-14-5-3-4-12(9-14)17(24)19-13-6-7-13/h3-5,9,13H,2,6-8,10-11H2,1H3,(H,18,21)(H,19,24)(H,22,23). The quantitative estimate of drug-likeness (QED) is 0.633. The topological polar surface area (TPSA) is 98.7 Å². The number of rotatable bonds is 9. The number of benzene rings is 1. The van der Waals surface area contributed by atoms with E-state index in [0.717, 1.165) is 19.3 Å². The maximum Gasteiger partial charge on any atom is 0.317 e. The lowest BCUT2D eigenvalue weighted by molar-refractivity contribution is -0.138. The van der Waals surface area contributed by atoms with Gasteiger partial charge in [0.05, 0.1) is 13.1 Å². The fourth-order valence-corrected chi connectivity index (χ4v) is 2.36. The van der Waals surface area contributed by atoms with E-state index in [1.807, 2.05) is 6.92 Å². The Kier molecular flexibility index (Phi) is 6.31. The fraction of sp³-hybridized carbons (Fsp3) is 0.471. The van der Waals surface area contributed by atoms with Crippen molar-refractivity contribution in [3.8, 4) is 0 Å². The van der Waals surface area contributed by atoms with E-state index in [1.165, 1.54) is 0 Å². The summed E-state index contributed by atoms with van der Waals surface area (Å²) < 4.78 is 0. The van der Waals surface area contributed by atoms with E-state index in [4.69, 9.17) is 5.11 Å². The van der Waals surface area contributed by atoms with Gasteiger partial charge in [-0.25, -0.2) is 0 Å². The molecule has 7 heteroatoms. The molecule has 0 spiro atoms. The molecule has 0 aromatic heterocycles. The van der Waals surface area contributed by atoms with Gasteiger partial charge in [-0.3, -0.25) is 19.3 Å². The van der Waals surface area contributed by atoms with Crippen LogP contribution in [0.25, 0.3) is 0 Å². The summed E-state index contributed by atoms with van der Waals surface area (Å²) in [5.74, 6) is -1.41. The summed E-state index contributed by atoms with van der Waals surface area (Å²) in [6, 6.07) is 7.00. The summed E-state index contributed by atoms with van der Waals surface area (Å²) in [7, 11) is 0. The third-order valence-corrected chi connectivity index (χ3v) is 3.59. The number of hydrogen-bond donors (Lipinski definition) is 3. The zero-order valence-electron chi connectivity index (χ0n) is 13.7. The zero-order valence-corrected chi connectivity index (χ0v) is 13.7. The second kappa shape index (κ2) is 8.44. The maximum absolute atomic E-state index is 12.1. The molecule has 1 aliphatic rings. The van der Waals surface area contributed by atoms with E-state index >= 15 is 0 Å². The Hall–Kier alpha value is -2.41. The highest BCUT2D eigenvalue weighted by Gasteiger charge is 2.23. The van der Waals surface area contributed by atoms with E-state index in [9.17, 15) is 14.4 Å². The van der Waals surface area contributed by atoms with Gasteiger partial charge in [0.2, 0.25) is 5.91 Å². The van der Waals surface area contributed by atoms with Crippen LogP contribution >= 0.6 is 0 Å². The maximum atomic E-state index is 12.1. The van der Waals surface area contributed by atoms with Crippen molar-refractivity contribution in [2.24, 2.45) is 0 Å². The van der Waals surface area contributed by atoms with Crippen LogP contribution in [0.1, 0.15) is 36.5 Å². The molecular weight excluding hydrogens is 310 g/mol. The molecule has 1 saturated carbocycles. The summed E-state index contributed by atoms with van der Waals surface area (Å²) in [6.45, 7) is 2.28. The first kappa shape index (κ1) is 17.9. The number of nitrogens with zero attached hydrogens (tertiary/aromatic N) is 1. The number of anilines is 1. The molecule has 0 aliphatic heterocycles. The number of carboxylic acid groups (broad SMARTS) is 1. The van der Waals surface area contributed by atoms with Gasteiger partial charge >= 0.3 is 5.97 Å². The van der Waals surface area contributed by atoms with Gasteiger partial charge < -0.3 is 15.7 Å². The van der Waals surface area contributed by atoms with Gasteiger partial charge in [-0.1, -0.05) is 13.0 Å². The Morgan fingerprint density at radius 3 is 2.62 bits per heavy atom. The Labute approximate surface area is 141 Å². The molecule has 0 unspecified atom stereocenters. The highest BCUT2D eigenvalue weighted by Crippen LogP contribution is 2.20. The Morgan fingerprint density at radius 2 is 2.00 bits per heavy atom. The molecule has 0 saturated heterocycles. The van der Waals surface area contributed by atoms with Crippen molar-refractivity contribution in [3.63, 3.8) is 0 Å². The number of carbonyl (C=O) groups is 3. The van der Waals surface area contributed by atoms with Crippen LogP contribution in [0.2, 0.25) is 0 Å². The molecule has 1 aromatic carbocycles. The molecule has 24 heavy (non-hydrogen) atoms. The van der Waals surface area contributed by atoms with Crippen LogP contribution in [0.15, 0.2) is 24.3 Å². The number of nitrogens with one attached hydrogen (secondary N) is 2. The fourth-order valence-electron chi connectivity index (χ4n) is 2.36. The van der Waals surface area contributed by atoms with E-state index in [-0.39, 0.29) is 30.9 Å². The Balaban J connectivity index is 1.92. The normalized spacial score (nSPS) is 13.6. The molecular formula is C17H23N3O4. The smallest absolute Gasteiger partial charge is 0.317 e. The first-order chi connectivity index (χ1) is 11.5. The molecule has 3 N–H and O–H groups in total. The second-order valence-corrected chi connectivity index (χ2v) is 5.98. The molecule has 1 fully saturated rings. The van der Waals surface area contributed by atoms with Crippen molar-refractivity contribution in [1.29, 1.82) is 0 Å². The molecule has 1 aliphatic carbocycles. The van der Waals surface area contributed by atoms with Crippen LogP contribution < -0.4 is 10.6 Å². The summed E-state index contributed by atoms with van der Waals surface area (Å²) in [4.78, 5) is 36.5. The minimum Gasteiger partial charge on any atom is -0.480 e. The summed E-state index contributed by atoms with van der Waals surface area (Å²) in [5, 5.41) is 14.5. The third kappa shape index (κ3) is 6.00. The van der Waals surface area contributed by atoms with Crippen molar-refractivity contribution in [2.45, 2.75) is 32.2 Å². The number of carboxylic acids is 1. The predicted octanol–water partition coefficient (Wildman–Crippen LogP) is 1.31. The van der Waals surface area contributed by atoms with Crippen molar-refractivity contribution in [1.82, 2.24) is 10.2 Å². The molecule has 7 nitrogen and oxygen atoms in total. The SMILES string of the molecule is CCCN(CC(=O)O)CC(=O)Nc1cccc(C(=O)NC2CC2)c1. The van der Waals surface area contributed by atoms with Crippen molar-refractivity contribution < 1.29 is 19.5 Å². The van der Waals surface area contributed by atoms with E-state index in [0.29, 0.717) is 17.8 Å². The monoisotopic (exact) mass is 333 g/mol. The third-order valence-electron chi connectivity index (χ3n) is 3.59. The number of hydrogen-bond acceptors (Lipinski definition) is 4. The van der Waals surface area contributed by atoms with Gasteiger partial charge in [0.1, 0.15) is 0 Å². The molecule has 0 atom stereocenters. The van der Waals surface area contributed by atoms with Crippen LogP contribution in [0.4, 0.5) is 5.69 Å². The van der Waals surface area contributed by atoms with Gasteiger partial charge in [0, 0.05) is 17.3 Å². The van der Waals surface area contributed by atoms with Crippen molar-refractivity contribution in [3.05, 3.63) is 29.8 Å². The summed E-state index contributed by atoms with van der Waals surface area (Å²) >= 11 is 0. The van der Waals surface area contributed by atoms with Gasteiger partial charge in [-0.15, -0.1) is 0 Å². The van der Waals surface area contributed by atoms with E-state index < -0.39 is 5.97 Å². The minimum atomic E-state index is -0.963. The average Bonchev–Trinajstić information content (AvgIpc) is 3.31. The van der Waals surface area contributed by atoms with Gasteiger partial charge in [-0.05, 0) is 44.0 Å². The lowest BCUT2D eigenvalue weighted by Crippen LogP contribution is -2.37. The minimum absolute atomic E-state index is 0.00135. The first-order valence-corrected chi connectivity index (χ1v) is 8.13. The van der Waals surface area contributed by atoms with Crippen LogP contribution in [-0.2, 0) is 9.59 Å². The zero-order chi connectivity index (χ0) is 17.5. The average molecular weight is 333 g/mol. The summed E-state index contributed by atoms with van der Waals surface area (Å²) in [5.41, 5.74) is 1.02. The van der Waals surface area contributed by atoms with E-state index in [1.54, 1.807) is 29.2 Å². The molecule has 130 valence electrons. The molecule has 0 radical (unpaired) electrons. The number of carbonyl (C=O) groups excluding carboxylic acids is 2. The summed E-state index contributed by atoms with van der Waals surface area (Å²) in [6.07, 6.45) is 2.79. The second-order valence-electron chi connectivity index (χ2n) is 5.98. The van der Waals surface area contributed by atoms with Crippen molar-refractivity contribution in [2.75, 3.05) is 25.0 Å². The lowest BCUT2D eigenvalue weighted by atomic mass is 10.2. The molecule has 1 aromatic rings. The first-order valence-electron chi connectivity index (χ1n) is 8.13. The largest absolute Gasteiger partial charge is 0.480 e. The van der Waals surface area contributed by atoms with E-state index in [2.05, 4.69) is 10.6 Å². The highest BCUT2D eigenvalue weighted by molar-refractivity contribution is 5.97.